The predicted molar refractivity (Wildman–Crippen MR) is 99.2 cm³/mol. The number of benzene rings is 3. The van der Waals surface area contributed by atoms with E-state index in [-0.39, 0.29) is 17.0 Å². The monoisotopic (exact) mass is 383 g/mol. The standard InChI is InChI=1S/C22H16F3NO2/c1-13-5-7-14(8-6-13)21(15-9-11-16(27)12-10-15)17-3-2-4-18(22(23,24)25)19(17)26-20(21)28/h2-12,27H,1H3,(H,26,28)/t21-/m0/s1. The van der Waals surface area contributed by atoms with Gasteiger partial charge < -0.3 is 10.4 Å². The average Bonchev–Trinajstić information content (AvgIpc) is 2.95. The second-order valence-electron chi connectivity index (χ2n) is 6.84. The van der Waals surface area contributed by atoms with Crippen molar-refractivity contribution in [1.29, 1.82) is 0 Å². The number of nitrogens with one attached hydrogen (secondary N) is 1. The Balaban J connectivity index is 2.08. The van der Waals surface area contributed by atoms with Crippen LogP contribution in [0.3, 0.4) is 0 Å². The van der Waals surface area contributed by atoms with Crippen LogP contribution in [0.2, 0.25) is 0 Å². The summed E-state index contributed by atoms with van der Waals surface area (Å²) in [5.74, 6) is -0.556. The lowest BCUT2D eigenvalue weighted by Gasteiger charge is -2.29. The van der Waals surface area contributed by atoms with Crippen molar-refractivity contribution in [3.8, 4) is 5.75 Å². The summed E-state index contributed by atoms with van der Waals surface area (Å²) >= 11 is 0. The number of halogens is 3. The van der Waals surface area contributed by atoms with E-state index in [1.54, 1.807) is 24.3 Å². The van der Waals surface area contributed by atoms with Crippen molar-refractivity contribution in [3.63, 3.8) is 0 Å². The van der Waals surface area contributed by atoms with Crippen molar-refractivity contribution in [2.24, 2.45) is 0 Å². The number of carbonyl (C=O) groups is 1. The molecule has 3 aromatic carbocycles. The molecule has 0 saturated heterocycles. The molecular formula is C22H16F3NO2. The fourth-order valence-electron chi connectivity index (χ4n) is 3.82. The topological polar surface area (TPSA) is 49.3 Å². The maximum atomic E-state index is 13.5. The van der Waals surface area contributed by atoms with Crippen LogP contribution in [0, 0.1) is 6.92 Å². The van der Waals surface area contributed by atoms with E-state index in [2.05, 4.69) is 5.32 Å². The molecule has 0 bridgehead atoms. The number of fused-ring (bicyclic) bond motifs is 1. The molecule has 0 aliphatic carbocycles. The summed E-state index contributed by atoms with van der Waals surface area (Å²) in [5, 5.41) is 12.1. The van der Waals surface area contributed by atoms with Crippen LogP contribution in [0.25, 0.3) is 0 Å². The molecule has 0 unspecified atom stereocenters. The van der Waals surface area contributed by atoms with Gasteiger partial charge in [-0.3, -0.25) is 4.79 Å². The highest BCUT2D eigenvalue weighted by Gasteiger charge is 2.52. The Morgan fingerprint density at radius 1 is 0.893 bits per heavy atom. The number of phenolic OH excluding ortho intramolecular Hbond substituents is 1. The predicted octanol–water partition coefficient (Wildman–Crippen LogP) is 5.01. The second-order valence-corrected chi connectivity index (χ2v) is 6.84. The fraction of sp³-hybridized carbons (Fsp3) is 0.136. The minimum absolute atomic E-state index is 0.00507. The van der Waals surface area contributed by atoms with Crippen LogP contribution in [0.5, 0.6) is 5.75 Å². The third-order valence-electron chi connectivity index (χ3n) is 5.14. The zero-order chi connectivity index (χ0) is 20.1. The Hall–Kier alpha value is -3.28. The van der Waals surface area contributed by atoms with Gasteiger partial charge in [-0.15, -0.1) is 0 Å². The quantitative estimate of drug-likeness (QED) is 0.654. The lowest BCUT2D eigenvalue weighted by Crippen LogP contribution is -2.36. The first kappa shape index (κ1) is 18.1. The Kier molecular flexibility index (Phi) is 3.96. The van der Waals surface area contributed by atoms with E-state index in [1.165, 1.54) is 24.3 Å². The van der Waals surface area contributed by atoms with E-state index in [4.69, 9.17) is 0 Å². The van der Waals surface area contributed by atoms with Gasteiger partial charge in [0.2, 0.25) is 5.91 Å². The minimum atomic E-state index is -4.60. The number of hydrogen-bond acceptors (Lipinski definition) is 2. The van der Waals surface area contributed by atoms with Crippen LogP contribution in [0.15, 0.2) is 66.7 Å². The van der Waals surface area contributed by atoms with E-state index < -0.39 is 23.1 Å². The molecule has 1 atom stereocenters. The smallest absolute Gasteiger partial charge is 0.418 e. The maximum absolute atomic E-state index is 13.5. The normalized spacial score (nSPS) is 18.6. The van der Waals surface area contributed by atoms with Crippen molar-refractivity contribution in [1.82, 2.24) is 0 Å². The molecule has 0 spiro atoms. The number of aromatic hydroxyl groups is 1. The number of phenols is 1. The van der Waals surface area contributed by atoms with Gasteiger partial charge in [-0.1, -0.05) is 54.1 Å². The molecular weight excluding hydrogens is 367 g/mol. The molecule has 6 heteroatoms. The average molecular weight is 383 g/mol. The zero-order valence-corrected chi connectivity index (χ0v) is 14.8. The van der Waals surface area contributed by atoms with Crippen molar-refractivity contribution in [2.45, 2.75) is 18.5 Å². The Labute approximate surface area is 159 Å². The number of anilines is 1. The molecule has 0 saturated carbocycles. The van der Waals surface area contributed by atoms with Gasteiger partial charge in [0.1, 0.15) is 11.2 Å². The van der Waals surface area contributed by atoms with Crippen LogP contribution in [0.1, 0.15) is 27.8 Å². The first-order chi connectivity index (χ1) is 13.2. The molecule has 1 aliphatic rings. The van der Waals surface area contributed by atoms with Gasteiger partial charge in [0.15, 0.2) is 0 Å². The SMILES string of the molecule is Cc1ccc([C@@]2(c3ccc(O)cc3)C(=O)Nc3c(C(F)(F)F)cccc32)cc1. The van der Waals surface area contributed by atoms with E-state index >= 15 is 0 Å². The van der Waals surface area contributed by atoms with E-state index in [1.807, 2.05) is 19.1 Å². The molecule has 3 nitrogen and oxygen atoms in total. The lowest BCUT2D eigenvalue weighted by molar-refractivity contribution is -0.136. The zero-order valence-electron chi connectivity index (χ0n) is 14.8. The molecule has 1 heterocycles. The minimum Gasteiger partial charge on any atom is -0.508 e. The number of rotatable bonds is 2. The molecule has 1 amide bonds. The van der Waals surface area contributed by atoms with Gasteiger partial charge in [0, 0.05) is 5.56 Å². The second kappa shape index (κ2) is 6.12. The van der Waals surface area contributed by atoms with Crippen molar-refractivity contribution in [2.75, 3.05) is 5.32 Å². The van der Waals surface area contributed by atoms with Gasteiger partial charge in [-0.25, -0.2) is 0 Å². The molecule has 0 fully saturated rings. The maximum Gasteiger partial charge on any atom is 0.418 e. The molecule has 142 valence electrons. The fourth-order valence-corrected chi connectivity index (χ4v) is 3.82. The number of aryl methyl sites for hydroxylation is 1. The summed E-state index contributed by atoms with van der Waals surface area (Å²) in [6.07, 6.45) is -4.60. The van der Waals surface area contributed by atoms with Gasteiger partial charge in [-0.2, -0.15) is 13.2 Å². The Bertz CT molecular complexity index is 1010. The first-order valence-corrected chi connectivity index (χ1v) is 8.63. The van der Waals surface area contributed by atoms with Crippen LogP contribution < -0.4 is 5.32 Å². The molecule has 1 aliphatic heterocycles. The highest BCUT2D eigenvalue weighted by atomic mass is 19.4. The largest absolute Gasteiger partial charge is 0.508 e. The summed E-state index contributed by atoms with van der Waals surface area (Å²) in [6.45, 7) is 1.89. The third-order valence-corrected chi connectivity index (χ3v) is 5.14. The van der Waals surface area contributed by atoms with Gasteiger partial charge in [0.05, 0.1) is 11.3 Å². The van der Waals surface area contributed by atoms with Gasteiger partial charge in [-0.05, 0) is 36.2 Å². The number of carbonyl (C=O) groups excluding carboxylic acids is 1. The van der Waals surface area contributed by atoms with E-state index in [0.29, 0.717) is 11.1 Å². The Morgan fingerprint density at radius 2 is 1.46 bits per heavy atom. The highest BCUT2D eigenvalue weighted by Crippen LogP contribution is 2.51. The van der Waals surface area contributed by atoms with Crippen molar-refractivity contribution >= 4 is 11.6 Å². The summed E-state index contributed by atoms with van der Waals surface area (Å²) < 4.78 is 40.6. The molecule has 2 N–H and O–H groups in total. The lowest BCUT2D eigenvalue weighted by atomic mass is 9.70. The number of alkyl halides is 3. The summed E-state index contributed by atoms with van der Waals surface area (Å²) in [7, 11) is 0. The van der Waals surface area contributed by atoms with Crippen molar-refractivity contribution < 1.29 is 23.1 Å². The van der Waals surface area contributed by atoms with Gasteiger partial charge >= 0.3 is 6.18 Å². The molecule has 28 heavy (non-hydrogen) atoms. The molecule has 3 aromatic rings. The number of para-hydroxylation sites is 1. The highest BCUT2D eigenvalue weighted by molar-refractivity contribution is 6.12. The van der Waals surface area contributed by atoms with Crippen molar-refractivity contribution in [3.05, 3.63) is 94.5 Å². The van der Waals surface area contributed by atoms with Gasteiger partial charge in [0.25, 0.3) is 0 Å². The summed E-state index contributed by atoms with van der Waals surface area (Å²) in [5.41, 5.74) is -0.323. The first-order valence-electron chi connectivity index (χ1n) is 8.63. The summed E-state index contributed by atoms with van der Waals surface area (Å²) in [4.78, 5) is 13.3. The summed E-state index contributed by atoms with van der Waals surface area (Å²) in [6, 6.07) is 16.9. The van der Waals surface area contributed by atoms with Crippen LogP contribution in [0.4, 0.5) is 18.9 Å². The van der Waals surface area contributed by atoms with Crippen LogP contribution >= 0.6 is 0 Å². The number of hydrogen-bond donors (Lipinski definition) is 2. The number of amides is 1. The van der Waals surface area contributed by atoms with E-state index in [9.17, 15) is 23.1 Å². The molecule has 4 rings (SSSR count). The van der Waals surface area contributed by atoms with E-state index in [0.717, 1.165) is 11.6 Å². The molecule has 0 aromatic heterocycles. The molecule has 0 radical (unpaired) electrons. The van der Waals surface area contributed by atoms with Crippen LogP contribution in [-0.4, -0.2) is 11.0 Å². The van der Waals surface area contributed by atoms with Crippen LogP contribution in [-0.2, 0) is 16.4 Å². The third kappa shape index (κ3) is 2.56. The Morgan fingerprint density at radius 3 is 2.04 bits per heavy atom.